The van der Waals surface area contributed by atoms with E-state index in [9.17, 15) is 4.79 Å². The molecule has 98 valence electrons. The average molecular weight is 342 g/mol. The summed E-state index contributed by atoms with van der Waals surface area (Å²) in [6.07, 6.45) is 1.28. The van der Waals surface area contributed by atoms with Crippen LogP contribution in [-0.2, 0) is 0 Å². The maximum Gasteiger partial charge on any atom is 0.257 e. The highest BCUT2D eigenvalue weighted by Crippen LogP contribution is 2.23. The quantitative estimate of drug-likeness (QED) is 0.650. The summed E-state index contributed by atoms with van der Waals surface area (Å²) in [5.41, 5.74) is 7.54. The van der Waals surface area contributed by atoms with Gasteiger partial charge in [0.15, 0.2) is 0 Å². The number of nitrogens with two attached hydrogens (primary N) is 1. The van der Waals surface area contributed by atoms with Gasteiger partial charge in [-0.05, 0) is 24.6 Å². The second-order valence-electron chi connectivity index (χ2n) is 3.85. The van der Waals surface area contributed by atoms with E-state index in [4.69, 9.17) is 17.3 Å². The lowest BCUT2D eigenvalue weighted by Gasteiger charge is -2.09. The van der Waals surface area contributed by atoms with Gasteiger partial charge in [0.2, 0.25) is 0 Å². The van der Waals surface area contributed by atoms with E-state index in [0.717, 1.165) is 4.47 Å². The van der Waals surface area contributed by atoms with E-state index in [1.807, 2.05) is 0 Å². The van der Waals surface area contributed by atoms with Gasteiger partial charge in [-0.3, -0.25) is 4.79 Å². The predicted octanol–water partition coefficient (Wildman–Crippen LogP) is 3.04. The molecule has 1 aromatic carbocycles. The van der Waals surface area contributed by atoms with Crippen LogP contribution in [0.2, 0.25) is 5.15 Å². The second-order valence-corrected chi connectivity index (χ2v) is 5.15. The Hall–Kier alpha value is -1.66. The molecular weight excluding hydrogens is 332 g/mol. The van der Waals surface area contributed by atoms with Gasteiger partial charge in [0, 0.05) is 21.8 Å². The van der Waals surface area contributed by atoms with Gasteiger partial charge in [-0.15, -0.1) is 0 Å². The highest BCUT2D eigenvalue weighted by Gasteiger charge is 2.13. The van der Waals surface area contributed by atoms with Crippen molar-refractivity contribution in [2.75, 3.05) is 11.1 Å². The molecule has 0 aliphatic heterocycles. The molecule has 0 atom stereocenters. The predicted molar refractivity (Wildman–Crippen MR) is 78.3 cm³/mol. The Morgan fingerprint density at radius 3 is 2.79 bits per heavy atom. The van der Waals surface area contributed by atoms with Crippen LogP contribution in [0.15, 0.2) is 29.0 Å². The number of nitrogens with one attached hydrogen (secondary N) is 1. The Balaban J connectivity index is 2.30. The normalized spacial score (nSPS) is 10.3. The van der Waals surface area contributed by atoms with Crippen LogP contribution in [0.3, 0.4) is 0 Å². The monoisotopic (exact) mass is 340 g/mol. The van der Waals surface area contributed by atoms with Gasteiger partial charge < -0.3 is 11.1 Å². The van der Waals surface area contributed by atoms with E-state index in [1.54, 1.807) is 19.1 Å². The van der Waals surface area contributed by atoms with Crippen LogP contribution in [-0.4, -0.2) is 15.9 Å². The van der Waals surface area contributed by atoms with Crippen LogP contribution < -0.4 is 11.1 Å². The molecule has 0 unspecified atom stereocenters. The van der Waals surface area contributed by atoms with Crippen molar-refractivity contribution in [3.05, 3.63) is 45.3 Å². The Labute approximate surface area is 123 Å². The zero-order valence-electron chi connectivity index (χ0n) is 9.95. The molecule has 1 aromatic heterocycles. The summed E-state index contributed by atoms with van der Waals surface area (Å²) in [4.78, 5) is 19.8. The Kier molecular flexibility index (Phi) is 4.01. The third-order valence-electron chi connectivity index (χ3n) is 2.53. The van der Waals surface area contributed by atoms with Gasteiger partial charge in [-0.2, -0.15) is 0 Å². The van der Waals surface area contributed by atoms with E-state index in [2.05, 4.69) is 31.2 Å². The highest BCUT2D eigenvalue weighted by atomic mass is 79.9. The lowest BCUT2D eigenvalue weighted by atomic mass is 10.1. The number of carbonyl (C=O) groups excluding carboxylic acids is 1. The van der Waals surface area contributed by atoms with Crippen molar-refractivity contribution in [3.8, 4) is 0 Å². The number of nitrogens with zero attached hydrogens (tertiary/aromatic N) is 2. The van der Waals surface area contributed by atoms with Crippen LogP contribution in [0, 0.1) is 6.92 Å². The lowest BCUT2D eigenvalue weighted by molar-refractivity contribution is 0.102. The van der Waals surface area contributed by atoms with Gasteiger partial charge in [0.05, 0.1) is 0 Å². The van der Waals surface area contributed by atoms with E-state index in [1.165, 1.54) is 12.4 Å². The fourth-order valence-corrected chi connectivity index (χ4v) is 2.14. The molecule has 0 fully saturated rings. The summed E-state index contributed by atoms with van der Waals surface area (Å²) in [6.45, 7) is 1.78. The number of nitrogen functional groups attached to an aromatic ring is 1. The Bertz CT molecular complexity index is 648. The van der Waals surface area contributed by atoms with Crippen molar-refractivity contribution < 1.29 is 4.79 Å². The molecule has 19 heavy (non-hydrogen) atoms. The number of halogens is 2. The molecule has 1 amide bonds. The fraction of sp³-hybridized carbons (Fsp3) is 0.0833. The Morgan fingerprint density at radius 2 is 2.11 bits per heavy atom. The van der Waals surface area contributed by atoms with Crippen molar-refractivity contribution >= 4 is 44.9 Å². The summed E-state index contributed by atoms with van der Waals surface area (Å²) in [5.74, 6) is 0.0308. The number of hydrogen-bond acceptors (Lipinski definition) is 4. The van der Waals surface area contributed by atoms with Crippen LogP contribution in [0.5, 0.6) is 0 Å². The third-order valence-corrected chi connectivity index (χ3v) is 3.20. The smallest absolute Gasteiger partial charge is 0.257 e. The SMILES string of the molecule is Cc1c(N)cc(Br)cc1C(=O)Nc1cc(Cl)ncn1. The lowest BCUT2D eigenvalue weighted by Crippen LogP contribution is -2.15. The zero-order valence-corrected chi connectivity index (χ0v) is 12.3. The topological polar surface area (TPSA) is 80.9 Å². The second kappa shape index (κ2) is 5.54. The fourth-order valence-electron chi connectivity index (χ4n) is 1.52. The molecule has 0 saturated heterocycles. The summed E-state index contributed by atoms with van der Waals surface area (Å²) in [7, 11) is 0. The van der Waals surface area contributed by atoms with Crippen molar-refractivity contribution in [3.63, 3.8) is 0 Å². The minimum atomic E-state index is -0.305. The molecule has 1 heterocycles. The van der Waals surface area contributed by atoms with E-state index >= 15 is 0 Å². The number of carbonyl (C=O) groups is 1. The Morgan fingerprint density at radius 1 is 1.37 bits per heavy atom. The van der Waals surface area contributed by atoms with Crippen molar-refractivity contribution in [1.82, 2.24) is 9.97 Å². The van der Waals surface area contributed by atoms with Crippen molar-refractivity contribution in [2.45, 2.75) is 6.92 Å². The van der Waals surface area contributed by atoms with Crippen LogP contribution >= 0.6 is 27.5 Å². The summed E-state index contributed by atoms with van der Waals surface area (Å²) in [6, 6.07) is 4.91. The standard InChI is InChI=1S/C12H10BrClN4O/c1-6-8(2-7(13)3-9(6)15)12(19)18-11-4-10(14)16-5-17-11/h2-5H,15H2,1H3,(H,16,17,18,19). The molecule has 0 spiro atoms. The molecule has 0 aliphatic rings. The number of anilines is 2. The van der Waals surface area contributed by atoms with E-state index < -0.39 is 0 Å². The minimum Gasteiger partial charge on any atom is -0.398 e. The van der Waals surface area contributed by atoms with Gasteiger partial charge in [-0.1, -0.05) is 27.5 Å². The number of benzene rings is 1. The minimum absolute atomic E-state index is 0.260. The molecule has 2 aromatic rings. The molecular formula is C12H10BrClN4O. The van der Waals surface area contributed by atoms with Gasteiger partial charge in [-0.25, -0.2) is 9.97 Å². The van der Waals surface area contributed by atoms with Gasteiger partial charge in [0.25, 0.3) is 5.91 Å². The summed E-state index contributed by atoms with van der Waals surface area (Å²) in [5, 5.41) is 2.90. The maximum atomic E-state index is 12.2. The van der Waals surface area contributed by atoms with Crippen LogP contribution in [0.25, 0.3) is 0 Å². The summed E-state index contributed by atoms with van der Waals surface area (Å²) >= 11 is 9.03. The number of hydrogen-bond donors (Lipinski definition) is 2. The molecule has 7 heteroatoms. The highest BCUT2D eigenvalue weighted by molar-refractivity contribution is 9.10. The average Bonchev–Trinajstić information content (AvgIpc) is 2.33. The van der Waals surface area contributed by atoms with E-state index in [-0.39, 0.29) is 11.1 Å². The largest absolute Gasteiger partial charge is 0.398 e. The zero-order chi connectivity index (χ0) is 14.0. The molecule has 0 aliphatic carbocycles. The maximum absolute atomic E-state index is 12.2. The molecule has 0 saturated carbocycles. The van der Waals surface area contributed by atoms with Crippen LogP contribution in [0.4, 0.5) is 11.5 Å². The van der Waals surface area contributed by atoms with E-state index in [0.29, 0.717) is 22.6 Å². The summed E-state index contributed by atoms with van der Waals surface area (Å²) < 4.78 is 0.737. The number of amides is 1. The van der Waals surface area contributed by atoms with Gasteiger partial charge in [0.1, 0.15) is 17.3 Å². The molecule has 0 radical (unpaired) electrons. The number of rotatable bonds is 2. The third kappa shape index (κ3) is 3.21. The molecule has 2 rings (SSSR count). The molecule has 3 N–H and O–H groups in total. The molecule has 0 bridgehead atoms. The van der Waals surface area contributed by atoms with Gasteiger partial charge >= 0.3 is 0 Å². The van der Waals surface area contributed by atoms with Crippen LogP contribution in [0.1, 0.15) is 15.9 Å². The number of aromatic nitrogens is 2. The van der Waals surface area contributed by atoms with Crippen molar-refractivity contribution in [1.29, 1.82) is 0 Å². The first-order chi connectivity index (χ1) is 8.97. The molecule has 5 nitrogen and oxygen atoms in total. The first-order valence-electron chi connectivity index (χ1n) is 5.32. The van der Waals surface area contributed by atoms with Crippen molar-refractivity contribution in [2.24, 2.45) is 0 Å². The first-order valence-corrected chi connectivity index (χ1v) is 6.49. The first kappa shape index (κ1) is 13.8.